The maximum absolute atomic E-state index is 5.12. The highest BCUT2D eigenvalue weighted by Gasteiger charge is 2.19. The molecule has 4 nitrogen and oxygen atoms in total. The van der Waals surface area contributed by atoms with Crippen molar-refractivity contribution >= 4 is 0 Å². The van der Waals surface area contributed by atoms with Crippen LogP contribution in [0.1, 0.15) is 50.3 Å². The van der Waals surface area contributed by atoms with Gasteiger partial charge in [0.2, 0.25) is 0 Å². The van der Waals surface area contributed by atoms with Gasteiger partial charge in [-0.05, 0) is 25.2 Å². The van der Waals surface area contributed by atoms with Gasteiger partial charge in [-0.15, -0.1) is 0 Å². The first kappa shape index (κ1) is 15.5. The van der Waals surface area contributed by atoms with Crippen molar-refractivity contribution in [2.45, 2.75) is 59.0 Å². The Labute approximate surface area is 122 Å². The zero-order chi connectivity index (χ0) is 14.4. The fourth-order valence-corrected chi connectivity index (χ4v) is 2.90. The molecule has 1 aromatic heterocycles. The molecule has 1 aliphatic rings. The number of ether oxygens (including phenoxy) is 1. The molecular formula is C16H29N3O. The maximum atomic E-state index is 5.12. The van der Waals surface area contributed by atoms with Crippen molar-refractivity contribution in [1.82, 2.24) is 14.9 Å². The fourth-order valence-electron chi connectivity index (χ4n) is 2.90. The van der Waals surface area contributed by atoms with Gasteiger partial charge in [0.05, 0.1) is 5.69 Å². The van der Waals surface area contributed by atoms with Crippen LogP contribution in [0.25, 0.3) is 0 Å². The molecule has 0 atom stereocenters. The van der Waals surface area contributed by atoms with Crippen molar-refractivity contribution in [2.75, 3.05) is 20.3 Å². The summed E-state index contributed by atoms with van der Waals surface area (Å²) in [6.07, 6.45) is 5.84. The molecule has 0 fully saturated rings. The lowest BCUT2D eigenvalue weighted by molar-refractivity contribution is 0.191. The quantitative estimate of drug-likeness (QED) is 0.743. The summed E-state index contributed by atoms with van der Waals surface area (Å²) >= 11 is 0. The average molecular weight is 279 g/mol. The van der Waals surface area contributed by atoms with Crippen LogP contribution in [0.15, 0.2) is 0 Å². The number of imidazole rings is 1. The molecule has 1 N–H and O–H groups in total. The number of hydrogen-bond donors (Lipinski definition) is 1. The third kappa shape index (κ3) is 4.06. The Hall–Kier alpha value is -0.870. The Bertz CT molecular complexity index is 412. The molecule has 0 amide bonds. The summed E-state index contributed by atoms with van der Waals surface area (Å²) in [5.74, 6) is 1.96. The summed E-state index contributed by atoms with van der Waals surface area (Å²) in [4.78, 5) is 4.88. The number of fused-ring (bicyclic) bond motifs is 1. The second-order valence-electron chi connectivity index (χ2n) is 6.15. The van der Waals surface area contributed by atoms with E-state index in [4.69, 9.17) is 9.72 Å². The van der Waals surface area contributed by atoms with Crippen LogP contribution in [0.3, 0.4) is 0 Å². The number of hydrogen-bond acceptors (Lipinski definition) is 3. The lowest BCUT2D eigenvalue weighted by Gasteiger charge is -2.16. The van der Waals surface area contributed by atoms with E-state index in [1.54, 1.807) is 7.11 Å². The monoisotopic (exact) mass is 279 g/mol. The molecule has 0 bridgehead atoms. The molecule has 0 saturated carbocycles. The smallest absolute Gasteiger partial charge is 0.109 e. The second kappa shape index (κ2) is 7.79. The number of aromatic nitrogens is 2. The van der Waals surface area contributed by atoms with Crippen molar-refractivity contribution in [3.63, 3.8) is 0 Å². The number of unbranched alkanes of at least 4 members (excludes halogenated alkanes) is 2. The van der Waals surface area contributed by atoms with E-state index in [1.165, 1.54) is 30.1 Å². The summed E-state index contributed by atoms with van der Waals surface area (Å²) in [5, 5.41) is 3.43. The Morgan fingerprint density at radius 3 is 2.90 bits per heavy atom. The van der Waals surface area contributed by atoms with Crippen LogP contribution in [0.2, 0.25) is 0 Å². The van der Waals surface area contributed by atoms with Gasteiger partial charge in [0.1, 0.15) is 5.82 Å². The lowest BCUT2D eigenvalue weighted by atomic mass is 10.1. The molecule has 20 heavy (non-hydrogen) atoms. The Morgan fingerprint density at radius 2 is 2.15 bits per heavy atom. The van der Waals surface area contributed by atoms with Crippen LogP contribution in [0.5, 0.6) is 0 Å². The van der Waals surface area contributed by atoms with E-state index in [0.29, 0.717) is 5.92 Å². The number of rotatable bonds is 8. The van der Waals surface area contributed by atoms with E-state index in [0.717, 1.165) is 45.5 Å². The highest BCUT2D eigenvalue weighted by molar-refractivity contribution is 5.20. The van der Waals surface area contributed by atoms with E-state index < -0.39 is 0 Å². The summed E-state index contributed by atoms with van der Waals surface area (Å²) in [5.41, 5.74) is 2.76. The first-order valence-electron chi connectivity index (χ1n) is 7.99. The van der Waals surface area contributed by atoms with Gasteiger partial charge >= 0.3 is 0 Å². The fraction of sp³-hybridized carbons (Fsp3) is 0.812. The number of methoxy groups -OCH3 is 1. The Kier molecular flexibility index (Phi) is 6.05. The summed E-state index contributed by atoms with van der Waals surface area (Å²) in [6.45, 7) is 8.57. The van der Waals surface area contributed by atoms with Gasteiger partial charge in [-0.25, -0.2) is 4.98 Å². The summed E-state index contributed by atoms with van der Waals surface area (Å²) in [7, 11) is 1.78. The molecule has 0 spiro atoms. The van der Waals surface area contributed by atoms with Crippen molar-refractivity contribution in [3.05, 3.63) is 17.2 Å². The second-order valence-corrected chi connectivity index (χ2v) is 6.15. The number of nitrogens with zero attached hydrogens (tertiary/aromatic N) is 2. The predicted molar refractivity (Wildman–Crippen MR) is 81.9 cm³/mol. The third-order valence-corrected chi connectivity index (χ3v) is 3.89. The van der Waals surface area contributed by atoms with E-state index in [-0.39, 0.29) is 0 Å². The van der Waals surface area contributed by atoms with Crippen molar-refractivity contribution < 1.29 is 4.74 Å². The Morgan fingerprint density at radius 1 is 1.30 bits per heavy atom. The first-order chi connectivity index (χ1) is 9.72. The first-order valence-corrected chi connectivity index (χ1v) is 7.99. The molecule has 1 aromatic rings. The lowest BCUT2D eigenvalue weighted by Crippen LogP contribution is -2.25. The molecule has 1 aliphatic heterocycles. The largest absolute Gasteiger partial charge is 0.385 e. The van der Waals surface area contributed by atoms with Crippen LogP contribution in [-0.2, 0) is 30.7 Å². The zero-order valence-electron chi connectivity index (χ0n) is 13.2. The predicted octanol–water partition coefficient (Wildman–Crippen LogP) is 2.54. The highest BCUT2D eigenvalue weighted by Crippen LogP contribution is 2.19. The van der Waals surface area contributed by atoms with E-state index >= 15 is 0 Å². The molecule has 2 heterocycles. The minimum atomic E-state index is 0.666. The molecule has 2 rings (SSSR count). The van der Waals surface area contributed by atoms with Gasteiger partial charge in [-0.3, -0.25) is 0 Å². The molecule has 114 valence electrons. The summed E-state index contributed by atoms with van der Waals surface area (Å²) < 4.78 is 7.62. The molecular weight excluding hydrogens is 250 g/mol. The van der Waals surface area contributed by atoms with Crippen molar-refractivity contribution in [3.8, 4) is 0 Å². The minimum absolute atomic E-state index is 0.666. The molecule has 4 heteroatoms. The molecule has 0 saturated heterocycles. The van der Waals surface area contributed by atoms with Gasteiger partial charge in [0.25, 0.3) is 0 Å². The molecule has 0 unspecified atom stereocenters. The van der Waals surface area contributed by atoms with Crippen molar-refractivity contribution in [2.24, 2.45) is 5.92 Å². The zero-order valence-corrected chi connectivity index (χ0v) is 13.2. The molecule has 0 aromatic carbocycles. The SMILES string of the molecule is COCCCCCn1c(CC(C)C)nc2c1CCNC2. The third-order valence-electron chi connectivity index (χ3n) is 3.89. The van der Waals surface area contributed by atoms with E-state index in [1.807, 2.05) is 0 Å². The highest BCUT2D eigenvalue weighted by atomic mass is 16.5. The van der Waals surface area contributed by atoms with Crippen LogP contribution >= 0.6 is 0 Å². The molecule has 0 radical (unpaired) electrons. The maximum Gasteiger partial charge on any atom is 0.109 e. The average Bonchev–Trinajstić information content (AvgIpc) is 2.75. The van der Waals surface area contributed by atoms with Gasteiger partial charge in [-0.2, -0.15) is 0 Å². The summed E-state index contributed by atoms with van der Waals surface area (Å²) in [6, 6.07) is 0. The van der Waals surface area contributed by atoms with Crippen LogP contribution in [-0.4, -0.2) is 29.8 Å². The van der Waals surface area contributed by atoms with Crippen LogP contribution in [0, 0.1) is 5.92 Å². The van der Waals surface area contributed by atoms with Gasteiger partial charge in [-0.1, -0.05) is 13.8 Å². The normalized spacial score (nSPS) is 14.8. The Balaban J connectivity index is 2.01. The topological polar surface area (TPSA) is 39.1 Å². The standard InChI is InChI=1S/C16H29N3O/c1-13(2)11-16-18-14-12-17-8-7-15(14)19(16)9-5-4-6-10-20-3/h13,17H,4-12H2,1-3H3. The van der Waals surface area contributed by atoms with Crippen molar-refractivity contribution in [1.29, 1.82) is 0 Å². The van der Waals surface area contributed by atoms with Crippen LogP contribution < -0.4 is 5.32 Å². The van der Waals surface area contributed by atoms with Gasteiger partial charge < -0.3 is 14.6 Å². The van der Waals surface area contributed by atoms with E-state index in [2.05, 4.69) is 23.7 Å². The van der Waals surface area contributed by atoms with Gasteiger partial charge in [0, 0.05) is 51.9 Å². The van der Waals surface area contributed by atoms with Gasteiger partial charge in [0.15, 0.2) is 0 Å². The number of nitrogens with one attached hydrogen (secondary N) is 1. The minimum Gasteiger partial charge on any atom is -0.385 e. The molecule has 0 aliphatic carbocycles. The van der Waals surface area contributed by atoms with Crippen LogP contribution in [0.4, 0.5) is 0 Å². The van der Waals surface area contributed by atoms with E-state index in [9.17, 15) is 0 Å².